The molecule has 0 aliphatic heterocycles. The molecule has 1 aromatic carbocycles. The topological polar surface area (TPSA) is 81.0 Å². The second kappa shape index (κ2) is 8.54. The summed E-state index contributed by atoms with van der Waals surface area (Å²) in [5, 5.41) is 12.2. The average molecular weight is 373 g/mol. The van der Waals surface area contributed by atoms with E-state index in [4.69, 9.17) is 0 Å². The molecular formula is C14H20FN5O2S2. The molecule has 0 unspecified atom stereocenters. The molecule has 0 bridgehead atoms. The van der Waals surface area contributed by atoms with Crippen molar-refractivity contribution in [3.63, 3.8) is 0 Å². The van der Waals surface area contributed by atoms with Crippen LogP contribution in [0.4, 0.5) is 4.39 Å². The van der Waals surface area contributed by atoms with Gasteiger partial charge in [-0.25, -0.2) is 17.5 Å². The molecule has 2 aromatic rings. The van der Waals surface area contributed by atoms with Crippen LogP contribution >= 0.6 is 11.8 Å². The smallest absolute Gasteiger partial charge is 0.209 e. The number of hydrogen-bond donors (Lipinski definition) is 0. The third-order valence-corrected chi connectivity index (χ3v) is 6.08. The number of aromatic nitrogens is 4. The lowest BCUT2D eigenvalue weighted by Gasteiger charge is -2.09. The third-order valence-electron chi connectivity index (χ3n) is 3.22. The lowest BCUT2D eigenvalue weighted by Crippen LogP contribution is -2.19. The Morgan fingerprint density at radius 1 is 1.25 bits per heavy atom. The number of hydrogen-bond acceptors (Lipinski definition) is 7. The number of nitrogens with zero attached hydrogens (tertiary/aromatic N) is 5. The van der Waals surface area contributed by atoms with Crippen molar-refractivity contribution in [1.29, 1.82) is 0 Å². The van der Waals surface area contributed by atoms with Crippen LogP contribution in [0, 0.1) is 5.82 Å². The zero-order valence-corrected chi connectivity index (χ0v) is 15.2. The molecule has 0 radical (unpaired) electrons. The van der Waals surface area contributed by atoms with Gasteiger partial charge in [-0.15, -0.1) is 5.10 Å². The molecule has 7 nitrogen and oxygen atoms in total. The normalized spacial score (nSPS) is 12.0. The van der Waals surface area contributed by atoms with E-state index in [1.54, 1.807) is 4.68 Å². The summed E-state index contributed by atoms with van der Waals surface area (Å²) >= 11 is 1.43. The van der Waals surface area contributed by atoms with Gasteiger partial charge in [0.25, 0.3) is 0 Å². The Balaban J connectivity index is 1.82. The maximum atomic E-state index is 12.9. The molecule has 1 aromatic heterocycles. The quantitative estimate of drug-likeness (QED) is 0.373. The fourth-order valence-electron chi connectivity index (χ4n) is 1.91. The molecule has 0 N–H and O–H groups in total. The summed E-state index contributed by atoms with van der Waals surface area (Å²) in [5.41, 5.74) is 0. The first-order valence-corrected chi connectivity index (χ1v) is 10.0. The monoisotopic (exact) mass is 373 g/mol. The van der Waals surface area contributed by atoms with Crippen LogP contribution in [-0.2, 0) is 16.4 Å². The summed E-state index contributed by atoms with van der Waals surface area (Å²) in [4.78, 5) is 2.18. The molecular weight excluding hydrogens is 353 g/mol. The highest BCUT2D eigenvalue weighted by Crippen LogP contribution is 2.17. The first kappa shape index (κ1) is 18.8. The van der Waals surface area contributed by atoms with Gasteiger partial charge in [0.2, 0.25) is 5.16 Å². The van der Waals surface area contributed by atoms with Crippen LogP contribution in [-0.4, -0.2) is 65.7 Å². The minimum absolute atomic E-state index is 0.00486. The molecule has 0 amide bonds. The zero-order valence-electron chi connectivity index (χ0n) is 13.6. The molecule has 2 rings (SSSR count). The van der Waals surface area contributed by atoms with Crippen LogP contribution in [0.25, 0.3) is 0 Å². The molecule has 0 saturated carbocycles. The summed E-state index contributed by atoms with van der Waals surface area (Å²) in [6, 6.07) is 4.89. The van der Waals surface area contributed by atoms with E-state index in [-0.39, 0.29) is 10.6 Å². The Morgan fingerprint density at radius 2 is 1.96 bits per heavy atom. The minimum Gasteiger partial charge on any atom is -0.308 e. The lowest BCUT2D eigenvalue weighted by molar-refractivity contribution is 0.361. The largest absolute Gasteiger partial charge is 0.308 e. The molecule has 0 saturated heterocycles. The number of benzene rings is 1. The van der Waals surface area contributed by atoms with E-state index >= 15 is 0 Å². The van der Waals surface area contributed by atoms with Crippen molar-refractivity contribution in [3.05, 3.63) is 30.1 Å². The van der Waals surface area contributed by atoms with Gasteiger partial charge in [0.1, 0.15) is 5.82 Å². The van der Waals surface area contributed by atoms with Crippen molar-refractivity contribution in [2.75, 3.05) is 32.1 Å². The van der Waals surface area contributed by atoms with Crippen LogP contribution in [0.15, 0.2) is 34.3 Å². The Morgan fingerprint density at radius 3 is 2.62 bits per heavy atom. The Kier molecular flexibility index (Phi) is 6.69. The SMILES string of the molecule is CN(C)CCn1nnnc1SCCCS(=O)(=O)c1ccc(F)cc1. The predicted octanol–water partition coefficient (Wildman–Crippen LogP) is 1.33. The molecule has 1 heterocycles. The zero-order chi connectivity index (χ0) is 17.6. The number of thioether (sulfide) groups is 1. The highest BCUT2D eigenvalue weighted by atomic mass is 32.2. The van der Waals surface area contributed by atoms with Gasteiger partial charge in [-0.2, -0.15) is 0 Å². The van der Waals surface area contributed by atoms with E-state index in [2.05, 4.69) is 15.5 Å². The standard InChI is InChI=1S/C14H20FN5O2S2/c1-19(2)8-9-20-14(16-17-18-20)23-10-3-11-24(21,22)13-6-4-12(15)5-7-13/h4-7H,3,8-11H2,1-2H3. The molecule has 0 aliphatic rings. The Labute approximate surface area is 145 Å². The van der Waals surface area contributed by atoms with Gasteiger partial charge in [-0.3, -0.25) is 0 Å². The summed E-state index contributed by atoms with van der Waals surface area (Å²) in [7, 11) is 0.545. The number of likely N-dealkylation sites (N-methyl/N-ethyl adjacent to an activating group) is 1. The average Bonchev–Trinajstić information content (AvgIpc) is 2.97. The van der Waals surface area contributed by atoms with Crippen molar-refractivity contribution < 1.29 is 12.8 Å². The maximum absolute atomic E-state index is 12.9. The predicted molar refractivity (Wildman–Crippen MR) is 90.2 cm³/mol. The number of rotatable bonds is 9. The van der Waals surface area contributed by atoms with Crippen molar-refractivity contribution in [2.45, 2.75) is 23.0 Å². The first-order valence-electron chi connectivity index (χ1n) is 7.40. The van der Waals surface area contributed by atoms with Crippen molar-refractivity contribution in [1.82, 2.24) is 25.1 Å². The van der Waals surface area contributed by atoms with E-state index in [1.807, 2.05) is 19.0 Å². The number of sulfone groups is 1. The molecule has 0 aliphatic carbocycles. The van der Waals surface area contributed by atoms with E-state index < -0.39 is 15.7 Å². The van der Waals surface area contributed by atoms with Crippen LogP contribution in [0.2, 0.25) is 0 Å². The van der Waals surface area contributed by atoms with Crippen molar-refractivity contribution >= 4 is 21.6 Å². The van der Waals surface area contributed by atoms with Gasteiger partial charge in [-0.1, -0.05) is 11.8 Å². The molecule has 0 spiro atoms. The van der Waals surface area contributed by atoms with Gasteiger partial charge in [0.15, 0.2) is 9.84 Å². The molecule has 0 atom stereocenters. The number of tetrazole rings is 1. The van der Waals surface area contributed by atoms with Gasteiger partial charge >= 0.3 is 0 Å². The summed E-state index contributed by atoms with van der Waals surface area (Å²) in [6.07, 6.45) is 0.463. The summed E-state index contributed by atoms with van der Waals surface area (Å²) in [5.74, 6) is 0.141. The molecule has 24 heavy (non-hydrogen) atoms. The van der Waals surface area contributed by atoms with E-state index in [1.165, 1.54) is 23.9 Å². The van der Waals surface area contributed by atoms with Gasteiger partial charge < -0.3 is 4.90 Å². The highest BCUT2D eigenvalue weighted by Gasteiger charge is 2.14. The Bertz CT molecular complexity index is 747. The highest BCUT2D eigenvalue weighted by molar-refractivity contribution is 7.99. The van der Waals surface area contributed by atoms with E-state index in [0.717, 1.165) is 18.7 Å². The van der Waals surface area contributed by atoms with Crippen molar-refractivity contribution in [2.24, 2.45) is 0 Å². The third kappa shape index (κ3) is 5.53. The molecule has 132 valence electrons. The van der Waals surface area contributed by atoms with Gasteiger partial charge in [0.05, 0.1) is 17.2 Å². The van der Waals surface area contributed by atoms with Gasteiger partial charge in [0, 0.05) is 12.3 Å². The van der Waals surface area contributed by atoms with Crippen LogP contribution < -0.4 is 0 Å². The number of halogens is 1. The fourth-order valence-corrected chi connectivity index (χ4v) is 4.24. The first-order chi connectivity index (χ1) is 11.4. The second-order valence-electron chi connectivity index (χ2n) is 5.46. The summed E-state index contributed by atoms with van der Waals surface area (Å²) in [6.45, 7) is 1.49. The molecule has 0 fully saturated rings. The lowest BCUT2D eigenvalue weighted by atomic mass is 10.4. The van der Waals surface area contributed by atoms with Gasteiger partial charge in [-0.05, 0) is 55.2 Å². The van der Waals surface area contributed by atoms with Crippen LogP contribution in [0.3, 0.4) is 0 Å². The van der Waals surface area contributed by atoms with E-state index in [0.29, 0.717) is 23.9 Å². The molecule has 10 heteroatoms. The second-order valence-corrected chi connectivity index (χ2v) is 8.63. The van der Waals surface area contributed by atoms with E-state index in [9.17, 15) is 12.8 Å². The maximum Gasteiger partial charge on any atom is 0.209 e. The van der Waals surface area contributed by atoms with Crippen LogP contribution in [0.1, 0.15) is 6.42 Å². The minimum atomic E-state index is -3.39. The fraction of sp³-hybridized carbons (Fsp3) is 0.500. The Hall–Kier alpha value is -1.52. The van der Waals surface area contributed by atoms with Crippen molar-refractivity contribution in [3.8, 4) is 0 Å². The summed E-state index contributed by atoms with van der Waals surface area (Å²) < 4.78 is 38.9. The van der Waals surface area contributed by atoms with Crippen LogP contribution in [0.5, 0.6) is 0 Å².